The lowest BCUT2D eigenvalue weighted by Gasteiger charge is -2.16. The number of halogens is 1. The predicted octanol–water partition coefficient (Wildman–Crippen LogP) is 6.62. The lowest BCUT2D eigenvalue weighted by molar-refractivity contribution is 0.0697. The highest BCUT2D eigenvalue weighted by atomic mass is 19.1. The van der Waals surface area contributed by atoms with E-state index < -0.39 is 5.97 Å². The molecule has 8 heteroatoms. The van der Waals surface area contributed by atoms with Crippen LogP contribution in [-0.4, -0.2) is 39.3 Å². The van der Waals surface area contributed by atoms with Crippen LogP contribution in [0.1, 0.15) is 45.7 Å². The lowest BCUT2D eigenvalue weighted by atomic mass is 9.98. The van der Waals surface area contributed by atoms with E-state index >= 15 is 0 Å². The number of ether oxygens (including phenoxy) is 2. The molecule has 3 aromatic carbocycles. The van der Waals surface area contributed by atoms with Gasteiger partial charge in [-0.05, 0) is 48.4 Å². The number of imidazole rings is 1. The first kappa shape index (κ1) is 27.0. The molecular formula is C32H30FN3O4. The molecular weight excluding hydrogens is 509 g/mol. The molecule has 0 aliphatic carbocycles. The molecule has 0 saturated heterocycles. The van der Waals surface area contributed by atoms with Crippen LogP contribution in [0, 0.1) is 12.7 Å². The number of nitrogens with zero attached hydrogens (tertiary/aromatic N) is 3. The van der Waals surface area contributed by atoms with Gasteiger partial charge in [0.25, 0.3) is 0 Å². The number of carboxylic acid groups (broad SMARTS) is 1. The second kappa shape index (κ2) is 11.7. The highest BCUT2D eigenvalue weighted by Crippen LogP contribution is 2.30. The van der Waals surface area contributed by atoms with Crippen LogP contribution < -0.4 is 4.74 Å². The summed E-state index contributed by atoms with van der Waals surface area (Å²) < 4.78 is 27.3. The first-order valence-electron chi connectivity index (χ1n) is 13.0. The van der Waals surface area contributed by atoms with Gasteiger partial charge in [0, 0.05) is 36.8 Å². The number of aromatic carboxylic acids is 1. The zero-order chi connectivity index (χ0) is 28.2. The number of carbonyl (C=O) groups is 1. The van der Waals surface area contributed by atoms with Crippen molar-refractivity contribution in [3.63, 3.8) is 0 Å². The second-order valence-corrected chi connectivity index (χ2v) is 9.71. The number of hydrogen-bond acceptors (Lipinski definition) is 5. The van der Waals surface area contributed by atoms with Crippen LogP contribution in [-0.2, 0) is 17.9 Å². The predicted molar refractivity (Wildman–Crippen MR) is 151 cm³/mol. The van der Waals surface area contributed by atoms with Crippen molar-refractivity contribution < 1.29 is 23.8 Å². The maximum atomic E-state index is 14.2. The average Bonchev–Trinajstić information content (AvgIpc) is 3.33. The van der Waals surface area contributed by atoms with Crippen molar-refractivity contribution in [2.24, 2.45) is 0 Å². The van der Waals surface area contributed by atoms with Gasteiger partial charge in [0.05, 0.1) is 28.9 Å². The number of aryl methyl sites for hydroxylation is 1. The van der Waals surface area contributed by atoms with Crippen molar-refractivity contribution in [2.75, 3.05) is 13.7 Å². The molecule has 204 valence electrons. The van der Waals surface area contributed by atoms with Crippen molar-refractivity contribution in [2.45, 2.75) is 32.9 Å². The summed E-state index contributed by atoms with van der Waals surface area (Å²) in [5.74, 6) is -0.0729. The SMILES string of the molecule is COCCn1c([C@H](C)c2ccc(-c3cccc(OCc4ccc(C)cc4F)n3)cc2)nc2ccc(C(=O)O)cc21. The first-order chi connectivity index (χ1) is 19.3. The van der Waals surface area contributed by atoms with Crippen LogP contribution in [0.25, 0.3) is 22.3 Å². The number of pyridine rings is 1. The Morgan fingerprint density at radius 1 is 1.02 bits per heavy atom. The molecule has 0 aliphatic heterocycles. The Morgan fingerprint density at radius 2 is 1.82 bits per heavy atom. The van der Waals surface area contributed by atoms with Gasteiger partial charge in [-0.15, -0.1) is 0 Å². The topological polar surface area (TPSA) is 86.5 Å². The minimum absolute atomic E-state index is 0.0568. The Hall–Kier alpha value is -4.56. The third-order valence-corrected chi connectivity index (χ3v) is 6.95. The molecule has 7 nitrogen and oxygen atoms in total. The summed E-state index contributed by atoms with van der Waals surface area (Å²) in [5.41, 5.74) is 5.78. The van der Waals surface area contributed by atoms with E-state index in [4.69, 9.17) is 14.5 Å². The van der Waals surface area contributed by atoms with Gasteiger partial charge in [0.15, 0.2) is 0 Å². The standard InChI is InChI=1S/C32H30FN3O4/c1-20-7-8-25(26(33)17-20)19-40-30-6-4-5-27(34-30)23-11-9-22(10-12-23)21(2)31-35-28-14-13-24(32(37)38)18-29(28)36(31)15-16-39-3/h4-14,17-18,21H,15-16,19H2,1-3H3,(H,37,38)/t21-/m1/s1. The zero-order valence-corrected chi connectivity index (χ0v) is 22.6. The highest BCUT2D eigenvalue weighted by molar-refractivity contribution is 5.92. The molecule has 5 rings (SSSR count). The van der Waals surface area contributed by atoms with E-state index in [9.17, 15) is 14.3 Å². The summed E-state index contributed by atoms with van der Waals surface area (Å²) in [6, 6.07) is 23.7. The van der Waals surface area contributed by atoms with E-state index in [1.165, 1.54) is 6.07 Å². The van der Waals surface area contributed by atoms with E-state index in [0.29, 0.717) is 24.6 Å². The maximum absolute atomic E-state index is 14.2. The molecule has 0 radical (unpaired) electrons. The van der Waals surface area contributed by atoms with Gasteiger partial charge in [0.2, 0.25) is 5.88 Å². The molecule has 5 aromatic rings. The van der Waals surface area contributed by atoms with E-state index in [1.807, 2.05) is 54.0 Å². The summed E-state index contributed by atoms with van der Waals surface area (Å²) in [7, 11) is 1.64. The Balaban J connectivity index is 1.37. The smallest absolute Gasteiger partial charge is 0.335 e. The molecule has 0 aliphatic rings. The summed E-state index contributed by atoms with van der Waals surface area (Å²) >= 11 is 0. The summed E-state index contributed by atoms with van der Waals surface area (Å²) in [6.07, 6.45) is 0. The molecule has 40 heavy (non-hydrogen) atoms. The van der Waals surface area contributed by atoms with Gasteiger partial charge >= 0.3 is 5.97 Å². The van der Waals surface area contributed by atoms with Crippen molar-refractivity contribution in [1.29, 1.82) is 0 Å². The van der Waals surface area contributed by atoms with Gasteiger partial charge in [-0.3, -0.25) is 0 Å². The van der Waals surface area contributed by atoms with E-state index in [-0.39, 0.29) is 23.9 Å². The average molecular weight is 540 g/mol. The van der Waals surface area contributed by atoms with Crippen molar-refractivity contribution >= 4 is 17.0 Å². The monoisotopic (exact) mass is 539 g/mol. The number of aromatic nitrogens is 3. The third kappa shape index (κ3) is 5.72. The minimum atomic E-state index is -0.975. The fraction of sp³-hybridized carbons (Fsp3) is 0.219. The molecule has 0 bridgehead atoms. The largest absolute Gasteiger partial charge is 0.478 e. The number of methoxy groups -OCH3 is 1. The summed E-state index contributed by atoms with van der Waals surface area (Å²) in [6.45, 7) is 5.05. The normalized spacial score (nSPS) is 12.0. The van der Waals surface area contributed by atoms with Gasteiger partial charge in [0.1, 0.15) is 18.2 Å². The third-order valence-electron chi connectivity index (χ3n) is 6.95. The van der Waals surface area contributed by atoms with E-state index in [0.717, 1.165) is 39.2 Å². The van der Waals surface area contributed by atoms with Crippen molar-refractivity contribution in [3.05, 3.63) is 113 Å². The molecule has 0 amide bonds. The van der Waals surface area contributed by atoms with Crippen molar-refractivity contribution in [3.8, 4) is 17.1 Å². The van der Waals surface area contributed by atoms with Crippen LogP contribution in [0.2, 0.25) is 0 Å². The van der Waals surface area contributed by atoms with Crippen LogP contribution in [0.5, 0.6) is 5.88 Å². The van der Waals surface area contributed by atoms with Crippen molar-refractivity contribution in [1.82, 2.24) is 14.5 Å². The van der Waals surface area contributed by atoms with Crippen LogP contribution in [0.15, 0.2) is 78.9 Å². The molecule has 1 N–H and O–H groups in total. The summed E-state index contributed by atoms with van der Waals surface area (Å²) in [4.78, 5) is 21.0. The molecule has 0 unspecified atom stereocenters. The van der Waals surface area contributed by atoms with Crippen LogP contribution >= 0.6 is 0 Å². The molecule has 0 spiro atoms. The highest BCUT2D eigenvalue weighted by Gasteiger charge is 2.20. The maximum Gasteiger partial charge on any atom is 0.335 e. The van der Waals surface area contributed by atoms with Crippen LogP contribution in [0.3, 0.4) is 0 Å². The molecule has 0 saturated carbocycles. The second-order valence-electron chi connectivity index (χ2n) is 9.71. The molecule has 1 atom stereocenters. The Morgan fingerprint density at radius 3 is 2.55 bits per heavy atom. The van der Waals surface area contributed by atoms with Gasteiger partial charge < -0.3 is 19.1 Å². The van der Waals surface area contributed by atoms with Gasteiger partial charge in [-0.2, -0.15) is 0 Å². The van der Waals surface area contributed by atoms with E-state index in [1.54, 1.807) is 37.4 Å². The number of carboxylic acids is 1. The van der Waals surface area contributed by atoms with E-state index in [2.05, 4.69) is 11.9 Å². The summed E-state index contributed by atoms with van der Waals surface area (Å²) in [5, 5.41) is 9.46. The number of benzene rings is 3. The fourth-order valence-corrected chi connectivity index (χ4v) is 4.69. The fourth-order valence-electron chi connectivity index (χ4n) is 4.69. The van der Waals surface area contributed by atoms with Gasteiger partial charge in [-0.25, -0.2) is 19.2 Å². The first-order valence-corrected chi connectivity index (χ1v) is 13.0. The quantitative estimate of drug-likeness (QED) is 0.215. The molecule has 2 aromatic heterocycles. The van der Waals surface area contributed by atoms with Crippen LogP contribution in [0.4, 0.5) is 4.39 Å². The number of fused-ring (bicyclic) bond motifs is 1. The molecule has 2 heterocycles. The Kier molecular flexibility index (Phi) is 7.89. The minimum Gasteiger partial charge on any atom is -0.478 e. The zero-order valence-electron chi connectivity index (χ0n) is 22.6. The Labute approximate surface area is 231 Å². The molecule has 0 fully saturated rings. The number of hydrogen-bond donors (Lipinski definition) is 1. The van der Waals surface area contributed by atoms with Gasteiger partial charge in [-0.1, -0.05) is 49.4 Å². The number of rotatable bonds is 10. The Bertz CT molecular complexity index is 1660. The lowest BCUT2D eigenvalue weighted by Crippen LogP contribution is -2.11.